The van der Waals surface area contributed by atoms with E-state index in [1.54, 1.807) is 0 Å². The van der Waals surface area contributed by atoms with Gasteiger partial charge in [-0.05, 0) is 39.9 Å². The van der Waals surface area contributed by atoms with Gasteiger partial charge in [-0.25, -0.2) is 4.98 Å². The third-order valence-electron chi connectivity index (χ3n) is 6.06. The summed E-state index contributed by atoms with van der Waals surface area (Å²) in [5, 5.41) is 23.9. The van der Waals surface area contributed by atoms with Crippen LogP contribution >= 0.6 is 0 Å². The molecule has 1 heterocycles. The van der Waals surface area contributed by atoms with Crippen LogP contribution < -0.4 is 0 Å². The zero-order chi connectivity index (χ0) is 24.9. The second-order valence-electron chi connectivity index (χ2n) is 8.33. The van der Waals surface area contributed by atoms with Gasteiger partial charge >= 0.3 is 7.32 Å². The van der Waals surface area contributed by atoms with Crippen LogP contribution in [0.3, 0.4) is 0 Å². The first-order valence-corrected chi connectivity index (χ1v) is 11.7. The molecule has 0 radical (unpaired) electrons. The average Bonchev–Trinajstić information content (AvgIpc) is 2.92. The van der Waals surface area contributed by atoms with E-state index in [1.807, 2.05) is 0 Å². The summed E-state index contributed by atoms with van der Waals surface area (Å²) in [4.78, 5) is 5.08. The van der Waals surface area contributed by atoms with Crippen LogP contribution in [0.5, 0.6) is 0 Å². The predicted octanol–water partition coefficient (Wildman–Crippen LogP) is 6.34. The maximum Gasteiger partial charge on any atom is 0.631 e. The number of hydrogen-bond acceptors (Lipinski definition) is 4. The van der Waals surface area contributed by atoms with E-state index in [0.717, 1.165) is 11.0 Å². The van der Waals surface area contributed by atoms with Gasteiger partial charge in [0.2, 0.25) is 0 Å². The van der Waals surface area contributed by atoms with Gasteiger partial charge in [0.05, 0.1) is 11.0 Å². The Labute approximate surface area is 210 Å². The minimum atomic E-state index is -2.17. The molecule has 0 atom stereocenters. The third-order valence-corrected chi connectivity index (χ3v) is 6.06. The molecule has 5 aromatic carbocycles. The first kappa shape index (κ1) is 23.5. The molecule has 36 heavy (non-hydrogen) atoms. The Morgan fingerprint density at radius 1 is 0.444 bits per heavy atom. The lowest BCUT2D eigenvalue weighted by Gasteiger charge is -2.19. The van der Waals surface area contributed by atoms with Gasteiger partial charge in [0, 0.05) is 16.3 Å². The van der Waals surface area contributed by atoms with Crippen LogP contribution in [-0.2, 0) is 0 Å². The molecule has 0 aliphatic heterocycles. The van der Waals surface area contributed by atoms with Crippen molar-refractivity contribution in [2.75, 3.05) is 0 Å². The lowest BCUT2D eigenvalue weighted by Crippen LogP contribution is -2.07. The molecular formula is C31H24BNO3. The van der Waals surface area contributed by atoms with Crippen LogP contribution in [-0.4, -0.2) is 27.4 Å². The summed E-state index contributed by atoms with van der Waals surface area (Å²) in [6, 6.07) is 44.9. The minimum absolute atomic E-state index is 1.01. The normalized spacial score (nSPS) is 10.6. The first-order chi connectivity index (χ1) is 17.6. The van der Waals surface area contributed by atoms with Crippen molar-refractivity contribution >= 4 is 29.1 Å². The molecule has 0 amide bonds. The van der Waals surface area contributed by atoms with Crippen LogP contribution in [0.1, 0.15) is 0 Å². The van der Waals surface area contributed by atoms with Gasteiger partial charge in [-0.3, -0.25) is 0 Å². The highest BCUT2D eigenvalue weighted by atomic mass is 16.5. The van der Waals surface area contributed by atoms with Gasteiger partial charge in [-0.15, -0.1) is 0 Å². The molecule has 5 heteroatoms. The molecule has 1 aromatic heterocycles. The Morgan fingerprint density at radius 3 is 1.50 bits per heavy atom. The molecule has 0 saturated carbocycles. The number of hydrogen-bond donors (Lipinski definition) is 3. The standard InChI is InChI=1S/C31H21N.BH3O3/c1-4-12-22(13-5-1)25-20-21-28-31(29(25)23-14-6-2-7-15-23)30(24-16-8-3-9-17-24)26-18-10-11-19-27(26)32-28;2-1(3)4/h1-21H;2-4H. The highest BCUT2D eigenvalue weighted by molar-refractivity contribution is 6.30. The Balaban J connectivity index is 0.000000623. The molecule has 0 saturated heterocycles. The Morgan fingerprint density at radius 2 is 0.917 bits per heavy atom. The van der Waals surface area contributed by atoms with Gasteiger partial charge in [0.15, 0.2) is 0 Å². The summed E-state index contributed by atoms with van der Waals surface area (Å²) >= 11 is 0. The molecule has 4 nitrogen and oxygen atoms in total. The van der Waals surface area contributed by atoms with Crippen molar-refractivity contribution in [3.05, 3.63) is 127 Å². The van der Waals surface area contributed by atoms with Crippen molar-refractivity contribution in [1.82, 2.24) is 4.98 Å². The fourth-order valence-electron chi connectivity index (χ4n) is 4.65. The molecular weight excluding hydrogens is 445 g/mol. The fraction of sp³-hybridized carbons (Fsp3) is 0. The molecule has 174 valence electrons. The van der Waals surface area contributed by atoms with Crippen LogP contribution in [0.25, 0.3) is 55.2 Å². The van der Waals surface area contributed by atoms with Gasteiger partial charge in [0.1, 0.15) is 0 Å². The molecule has 0 unspecified atom stereocenters. The Hall–Kier alpha value is -4.29. The van der Waals surface area contributed by atoms with E-state index in [4.69, 9.17) is 20.1 Å². The summed E-state index contributed by atoms with van der Waals surface area (Å²) in [7, 11) is -2.17. The largest absolute Gasteiger partial charge is 0.631 e. The van der Waals surface area contributed by atoms with Gasteiger partial charge in [-0.2, -0.15) is 0 Å². The maximum absolute atomic E-state index is 7.17. The maximum atomic E-state index is 7.17. The van der Waals surface area contributed by atoms with E-state index in [-0.39, 0.29) is 0 Å². The summed E-state index contributed by atoms with van der Waals surface area (Å²) in [6.45, 7) is 0. The van der Waals surface area contributed by atoms with Crippen molar-refractivity contribution in [2.45, 2.75) is 0 Å². The molecule has 6 rings (SSSR count). The number of pyridine rings is 1. The van der Waals surface area contributed by atoms with Gasteiger partial charge < -0.3 is 15.1 Å². The number of para-hydroxylation sites is 1. The minimum Gasteiger partial charge on any atom is -0.402 e. The smallest absolute Gasteiger partial charge is 0.402 e. The lowest BCUT2D eigenvalue weighted by molar-refractivity contribution is 0.278. The fourth-order valence-corrected chi connectivity index (χ4v) is 4.65. The topological polar surface area (TPSA) is 73.6 Å². The van der Waals surface area contributed by atoms with Crippen molar-refractivity contribution in [2.24, 2.45) is 0 Å². The summed E-state index contributed by atoms with van der Waals surface area (Å²) in [5.41, 5.74) is 9.34. The van der Waals surface area contributed by atoms with Gasteiger partial charge in [-0.1, -0.05) is 115 Å². The van der Waals surface area contributed by atoms with E-state index in [0.29, 0.717) is 0 Å². The Kier molecular flexibility index (Phi) is 6.87. The van der Waals surface area contributed by atoms with Crippen molar-refractivity contribution in [3.63, 3.8) is 0 Å². The summed E-state index contributed by atoms with van der Waals surface area (Å²) < 4.78 is 0. The van der Waals surface area contributed by atoms with E-state index in [9.17, 15) is 0 Å². The van der Waals surface area contributed by atoms with Gasteiger partial charge in [0.25, 0.3) is 0 Å². The van der Waals surface area contributed by atoms with E-state index in [2.05, 4.69) is 127 Å². The lowest BCUT2D eigenvalue weighted by atomic mass is 9.86. The van der Waals surface area contributed by atoms with E-state index in [1.165, 1.54) is 44.2 Å². The van der Waals surface area contributed by atoms with Crippen molar-refractivity contribution < 1.29 is 15.1 Å². The molecule has 0 bridgehead atoms. The molecule has 0 aliphatic carbocycles. The van der Waals surface area contributed by atoms with Crippen LogP contribution in [0.4, 0.5) is 0 Å². The highest BCUT2D eigenvalue weighted by Crippen LogP contribution is 2.44. The SMILES string of the molecule is OB(O)O.c1ccc(-c2ccc3nc4ccccc4c(-c4ccccc4)c3c2-c2ccccc2)cc1. The average molecular weight is 469 g/mol. The second-order valence-corrected chi connectivity index (χ2v) is 8.33. The third kappa shape index (κ3) is 4.76. The van der Waals surface area contributed by atoms with Crippen molar-refractivity contribution in [3.8, 4) is 33.4 Å². The molecule has 0 spiro atoms. The number of fused-ring (bicyclic) bond motifs is 2. The zero-order valence-electron chi connectivity index (χ0n) is 19.5. The second kappa shape index (κ2) is 10.5. The summed E-state index contributed by atoms with van der Waals surface area (Å²) in [5.74, 6) is 0. The number of rotatable bonds is 3. The van der Waals surface area contributed by atoms with E-state index >= 15 is 0 Å². The monoisotopic (exact) mass is 469 g/mol. The number of aromatic nitrogens is 1. The quantitative estimate of drug-likeness (QED) is 0.209. The van der Waals surface area contributed by atoms with Crippen LogP contribution in [0.15, 0.2) is 127 Å². The number of benzene rings is 5. The Bertz CT molecular complexity index is 1600. The predicted molar refractivity (Wildman–Crippen MR) is 148 cm³/mol. The highest BCUT2D eigenvalue weighted by Gasteiger charge is 2.19. The molecule has 3 N–H and O–H groups in total. The molecule has 0 fully saturated rings. The molecule has 6 aromatic rings. The zero-order valence-corrected chi connectivity index (χ0v) is 19.5. The van der Waals surface area contributed by atoms with Crippen LogP contribution in [0.2, 0.25) is 0 Å². The number of nitrogens with zero attached hydrogens (tertiary/aromatic N) is 1. The van der Waals surface area contributed by atoms with Crippen molar-refractivity contribution in [1.29, 1.82) is 0 Å². The van der Waals surface area contributed by atoms with Crippen LogP contribution in [0, 0.1) is 0 Å². The van der Waals surface area contributed by atoms with E-state index < -0.39 is 7.32 Å². The summed E-state index contributed by atoms with van der Waals surface area (Å²) in [6.07, 6.45) is 0. The molecule has 0 aliphatic rings. The first-order valence-electron chi connectivity index (χ1n) is 11.7.